The molecule has 194 valence electrons. The van der Waals surface area contributed by atoms with Crippen molar-refractivity contribution in [1.82, 2.24) is 5.32 Å². The summed E-state index contributed by atoms with van der Waals surface area (Å²) in [5, 5.41) is 21.2. The van der Waals surface area contributed by atoms with Crippen molar-refractivity contribution in [3.05, 3.63) is 94.5 Å². The van der Waals surface area contributed by atoms with Gasteiger partial charge in [0.2, 0.25) is 6.79 Å². The molecule has 0 aliphatic carbocycles. The fraction of sp³-hybridized carbons (Fsp3) is 0.233. The number of benzene rings is 3. The van der Waals surface area contributed by atoms with Crippen LogP contribution in [0.2, 0.25) is 0 Å². The molecule has 3 aromatic carbocycles. The summed E-state index contributed by atoms with van der Waals surface area (Å²) in [4.78, 5) is 30.6. The van der Waals surface area contributed by atoms with E-state index in [1.54, 1.807) is 55.5 Å². The number of hydrogen-bond donors (Lipinski definition) is 1. The molecule has 0 aromatic heterocycles. The number of ether oxygens (including phenoxy) is 3. The van der Waals surface area contributed by atoms with Crippen molar-refractivity contribution in [3.8, 4) is 23.6 Å². The number of nitrogens with one attached hydrogen (secondary N) is 1. The summed E-state index contributed by atoms with van der Waals surface area (Å²) >= 11 is 0. The van der Waals surface area contributed by atoms with E-state index in [1.807, 2.05) is 18.2 Å². The van der Waals surface area contributed by atoms with Crippen LogP contribution in [0.1, 0.15) is 53.3 Å². The largest absolute Gasteiger partial charge is 0.457 e. The Kier molecular flexibility index (Phi) is 7.24. The van der Waals surface area contributed by atoms with E-state index in [9.17, 15) is 20.1 Å². The molecular weight excluding hydrogens is 496 g/mol. The van der Waals surface area contributed by atoms with Crippen LogP contribution in [0.5, 0.6) is 11.5 Å². The number of carbonyl (C=O) groups excluding carboxylic acids is 2. The zero-order chi connectivity index (χ0) is 27.4. The average molecular weight is 521 g/mol. The zero-order valence-corrected chi connectivity index (χ0v) is 21.1. The number of aliphatic imine (C=N–C) groups is 1. The molecule has 39 heavy (non-hydrogen) atoms. The molecule has 5 rings (SSSR count). The molecule has 3 aromatic rings. The number of nitrogens with zero attached hydrogens (tertiary/aromatic N) is 3. The van der Waals surface area contributed by atoms with Gasteiger partial charge in [-0.1, -0.05) is 30.3 Å². The van der Waals surface area contributed by atoms with Crippen molar-refractivity contribution in [2.24, 2.45) is 10.9 Å². The summed E-state index contributed by atoms with van der Waals surface area (Å²) in [7, 11) is 0. The van der Waals surface area contributed by atoms with Gasteiger partial charge >= 0.3 is 12.0 Å². The second kappa shape index (κ2) is 11.1. The van der Waals surface area contributed by atoms with Gasteiger partial charge in [-0.3, -0.25) is 4.79 Å². The predicted molar refractivity (Wildman–Crippen MR) is 140 cm³/mol. The lowest BCUT2D eigenvalue weighted by Crippen LogP contribution is -2.45. The summed E-state index contributed by atoms with van der Waals surface area (Å²) in [6.07, 6.45) is 0.199. The smallest absolute Gasteiger partial charge is 0.341 e. The van der Waals surface area contributed by atoms with Gasteiger partial charge in [-0.05, 0) is 72.9 Å². The van der Waals surface area contributed by atoms with Crippen molar-refractivity contribution < 1.29 is 23.8 Å². The monoisotopic (exact) mass is 520 g/mol. The van der Waals surface area contributed by atoms with Gasteiger partial charge < -0.3 is 19.5 Å². The lowest BCUT2D eigenvalue weighted by molar-refractivity contribution is -0.152. The highest BCUT2D eigenvalue weighted by atomic mass is 16.7. The number of esters is 1. The van der Waals surface area contributed by atoms with Gasteiger partial charge in [-0.2, -0.15) is 10.5 Å². The Labute approximate surface area is 225 Å². The molecule has 2 aliphatic heterocycles. The van der Waals surface area contributed by atoms with Gasteiger partial charge in [0.1, 0.15) is 12.0 Å². The number of aryl methyl sites for hydroxylation is 1. The van der Waals surface area contributed by atoms with E-state index in [0.717, 1.165) is 5.56 Å². The molecule has 0 saturated carbocycles. The topological polar surface area (TPSA) is 134 Å². The molecule has 9 nitrogen and oxygen atoms in total. The van der Waals surface area contributed by atoms with Crippen molar-refractivity contribution in [2.75, 3.05) is 6.79 Å². The van der Waals surface area contributed by atoms with E-state index >= 15 is 0 Å². The highest BCUT2D eigenvalue weighted by Gasteiger charge is 2.40. The first-order valence-electron chi connectivity index (χ1n) is 12.4. The highest BCUT2D eigenvalue weighted by Crippen LogP contribution is 2.35. The van der Waals surface area contributed by atoms with Crippen LogP contribution in [0.15, 0.2) is 71.7 Å². The Hall–Kier alpha value is -5.15. The summed E-state index contributed by atoms with van der Waals surface area (Å²) in [6.45, 7) is 1.90. The molecule has 2 aliphatic rings. The first-order valence-corrected chi connectivity index (χ1v) is 12.4. The van der Waals surface area contributed by atoms with Gasteiger partial charge in [0.15, 0.2) is 11.5 Å². The number of urea groups is 1. The van der Waals surface area contributed by atoms with Crippen LogP contribution in [-0.4, -0.2) is 24.5 Å². The molecule has 1 N–H and O–H groups in total. The third kappa shape index (κ3) is 5.58. The Bertz CT molecular complexity index is 1530. The van der Waals surface area contributed by atoms with Crippen molar-refractivity contribution in [2.45, 2.75) is 31.9 Å². The Morgan fingerprint density at radius 3 is 2.56 bits per heavy atom. The number of nitriles is 2. The second-order valence-corrected chi connectivity index (χ2v) is 9.25. The minimum Gasteiger partial charge on any atom is -0.457 e. The maximum atomic E-state index is 13.7. The third-order valence-corrected chi connectivity index (χ3v) is 6.75. The maximum Gasteiger partial charge on any atom is 0.341 e. The van der Waals surface area contributed by atoms with Crippen molar-refractivity contribution in [3.63, 3.8) is 0 Å². The van der Waals surface area contributed by atoms with Crippen LogP contribution in [0, 0.1) is 28.6 Å². The summed E-state index contributed by atoms with van der Waals surface area (Å²) in [5.74, 6) is -0.129. The molecule has 3 atom stereocenters. The second-order valence-electron chi connectivity index (χ2n) is 9.25. The van der Waals surface area contributed by atoms with Crippen LogP contribution in [-0.2, 0) is 16.0 Å². The molecular formula is C30H24N4O5. The SMILES string of the molecule is CC(OC(=O)C1C(CCc2ccc3c(c2)OCO3)=NC(=O)NC1c1ccc(C#N)cc1)c1cccc(C#N)c1. The van der Waals surface area contributed by atoms with E-state index in [4.69, 9.17) is 14.2 Å². The third-order valence-electron chi connectivity index (χ3n) is 6.75. The van der Waals surface area contributed by atoms with E-state index in [1.165, 1.54) is 0 Å². The normalized spacial score (nSPS) is 18.2. The quantitative estimate of drug-likeness (QED) is 0.437. The van der Waals surface area contributed by atoms with E-state index in [0.29, 0.717) is 52.3 Å². The van der Waals surface area contributed by atoms with Gasteiger partial charge in [0, 0.05) is 5.71 Å². The Morgan fingerprint density at radius 2 is 1.79 bits per heavy atom. The fourth-order valence-electron chi connectivity index (χ4n) is 4.71. The maximum absolute atomic E-state index is 13.7. The number of fused-ring (bicyclic) bond motifs is 1. The lowest BCUT2D eigenvalue weighted by atomic mass is 9.85. The van der Waals surface area contributed by atoms with E-state index < -0.39 is 30.1 Å². The fourth-order valence-corrected chi connectivity index (χ4v) is 4.71. The first kappa shape index (κ1) is 25.5. The molecule has 0 fully saturated rings. The summed E-state index contributed by atoms with van der Waals surface area (Å²) in [6, 6.07) is 22.1. The van der Waals surface area contributed by atoms with Crippen LogP contribution >= 0.6 is 0 Å². The molecule has 0 saturated heterocycles. The lowest BCUT2D eigenvalue weighted by Gasteiger charge is -2.32. The minimum atomic E-state index is -0.897. The van der Waals surface area contributed by atoms with Gasteiger partial charge in [-0.15, -0.1) is 0 Å². The number of amides is 2. The Balaban J connectivity index is 1.43. The minimum absolute atomic E-state index is 0.168. The standard InChI is InChI=1S/C30H24N4O5/c1-18(23-4-2-3-21(13-23)16-32)39-29(35)27-24(11-7-19-8-12-25-26(14-19)38-17-37-25)33-30(36)34-28(27)22-9-5-20(15-31)6-10-22/h2-6,8-10,12-14,18,27-28H,7,11,17H2,1H3,(H,34,36). The summed E-state index contributed by atoms with van der Waals surface area (Å²) < 4.78 is 16.7. The zero-order valence-electron chi connectivity index (χ0n) is 21.1. The Morgan fingerprint density at radius 1 is 1.03 bits per heavy atom. The molecule has 2 amide bonds. The number of rotatable bonds is 7. The molecule has 2 heterocycles. The van der Waals surface area contributed by atoms with Gasteiger partial charge in [0.25, 0.3) is 0 Å². The van der Waals surface area contributed by atoms with Gasteiger partial charge in [0.05, 0.1) is 29.3 Å². The molecule has 3 unspecified atom stereocenters. The number of hydrogen-bond acceptors (Lipinski definition) is 7. The highest BCUT2D eigenvalue weighted by molar-refractivity contribution is 6.09. The van der Waals surface area contributed by atoms with Gasteiger partial charge in [-0.25, -0.2) is 9.79 Å². The van der Waals surface area contributed by atoms with Crippen LogP contribution in [0.25, 0.3) is 0 Å². The predicted octanol–water partition coefficient (Wildman–Crippen LogP) is 4.92. The van der Waals surface area contributed by atoms with E-state index in [-0.39, 0.29) is 6.79 Å². The molecule has 0 radical (unpaired) electrons. The molecule has 0 bridgehead atoms. The number of carbonyl (C=O) groups is 2. The first-order chi connectivity index (χ1) is 18.9. The molecule has 0 spiro atoms. The molecule has 9 heteroatoms. The summed E-state index contributed by atoms with van der Waals surface area (Å²) in [5.41, 5.74) is 3.59. The van der Waals surface area contributed by atoms with Crippen LogP contribution < -0.4 is 14.8 Å². The van der Waals surface area contributed by atoms with E-state index in [2.05, 4.69) is 22.4 Å². The van der Waals surface area contributed by atoms with Crippen LogP contribution in [0.3, 0.4) is 0 Å². The van der Waals surface area contributed by atoms with Crippen LogP contribution in [0.4, 0.5) is 4.79 Å². The van der Waals surface area contributed by atoms with Crippen molar-refractivity contribution >= 4 is 17.7 Å². The van der Waals surface area contributed by atoms with Crippen molar-refractivity contribution in [1.29, 1.82) is 10.5 Å². The average Bonchev–Trinajstić information content (AvgIpc) is 3.43.